The predicted octanol–water partition coefficient (Wildman–Crippen LogP) is 2.50. The highest BCUT2D eigenvalue weighted by atomic mass is 19.1. The average molecular weight is 276 g/mol. The third-order valence-corrected chi connectivity index (χ3v) is 2.70. The molecule has 0 saturated heterocycles. The average Bonchev–Trinajstić information content (AvgIpc) is 2.42. The van der Waals surface area contributed by atoms with Gasteiger partial charge in [-0.05, 0) is 24.6 Å². The minimum absolute atomic E-state index is 0.0182. The number of benzene rings is 1. The Morgan fingerprint density at radius 3 is 2.80 bits per heavy atom. The maximum atomic E-state index is 13.7. The van der Waals surface area contributed by atoms with E-state index in [1.807, 2.05) is 0 Å². The molecule has 1 heterocycles. The van der Waals surface area contributed by atoms with Crippen molar-refractivity contribution in [3.05, 3.63) is 47.5 Å². The molecular formula is C14H13FN2O3. The Bertz CT molecular complexity index is 659. The van der Waals surface area contributed by atoms with Gasteiger partial charge in [-0.1, -0.05) is 6.07 Å². The summed E-state index contributed by atoms with van der Waals surface area (Å²) in [5.41, 5.74) is 0.525. The molecule has 0 aliphatic carbocycles. The van der Waals surface area contributed by atoms with Crippen molar-refractivity contribution in [1.29, 1.82) is 0 Å². The highest BCUT2D eigenvalue weighted by molar-refractivity contribution is 6.05. The number of ether oxygens (including phenoxy) is 1. The molecule has 0 aliphatic heterocycles. The summed E-state index contributed by atoms with van der Waals surface area (Å²) < 4.78 is 18.5. The van der Waals surface area contributed by atoms with Gasteiger partial charge in [0.05, 0.1) is 12.8 Å². The van der Waals surface area contributed by atoms with E-state index >= 15 is 0 Å². The highest BCUT2D eigenvalue weighted by Crippen LogP contribution is 2.28. The number of nitrogens with one attached hydrogen (secondary N) is 1. The molecule has 0 unspecified atom stereocenters. The summed E-state index contributed by atoms with van der Waals surface area (Å²) in [6.45, 7) is 1.74. The number of aryl methyl sites for hydroxylation is 1. The summed E-state index contributed by atoms with van der Waals surface area (Å²) in [7, 11) is 1.36. The SMILES string of the molecule is COc1ccnc(C(=O)Nc2ccc(C)cc2F)c1O. The molecule has 0 saturated carbocycles. The molecule has 0 bridgehead atoms. The van der Waals surface area contributed by atoms with Crippen LogP contribution < -0.4 is 10.1 Å². The number of aromatic hydroxyl groups is 1. The fourth-order valence-corrected chi connectivity index (χ4v) is 1.67. The minimum Gasteiger partial charge on any atom is -0.503 e. The molecule has 2 rings (SSSR count). The van der Waals surface area contributed by atoms with Crippen LogP contribution in [0.5, 0.6) is 11.5 Å². The lowest BCUT2D eigenvalue weighted by atomic mass is 10.2. The summed E-state index contributed by atoms with van der Waals surface area (Å²) in [4.78, 5) is 15.8. The molecule has 20 heavy (non-hydrogen) atoms. The molecule has 2 N–H and O–H groups in total. The van der Waals surface area contributed by atoms with E-state index in [9.17, 15) is 14.3 Å². The lowest BCUT2D eigenvalue weighted by Gasteiger charge is -2.09. The van der Waals surface area contributed by atoms with Gasteiger partial charge in [-0.3, -0.25) is 4.79 Å². The number of rotatable bonds is 3. The van der Waals surface area contributed by atoms with Crippen LogP contribution in [0.25, 0.3) is 0 Å². The number of methoxy groups -OCH3 is 1. The number of aromatic nitrogens is 1. The number of halogens is 1. The van der Waals surface area contributed by atoms with E-state index in [2.05, 4.69) is 10.3 Å². The molecule has 0 aliphatic rings. The summed E-state index contributed by atoms with van der Waals surface area (Å²) in [5, 5.41) is 12.2. The summed E-state index contributed by atoms with van der Waals surface area (Å²) >= 11 is 0. The van der Waals surface area contributed by atoms with Gasteiger partial charge in [0.15, 0.2) is 17.2 Å². The second-order valence-corrected chi connectivity index (χ2v) is 4.15. The Labute approximate surface area is 115 Å². The van der Waals surface area contributed by atoms with Gasteiger partial charge in [-0.15, -0.1) is 0 Å². The van der Waals surface area contributed by atoms with Gasteiger partial charge in [-0.25, -0.2) is 9.37 Å². The van der Waals surface area contributed by atoms with Crippen molar-refractivity contribution in [2.24, 2.45) is 0 Å². The maximum absolute atomic E-state index is 13.7. The molecular weight excluding hydrogens is 263 g/mol. The zero-order chi connectivity index (χ0) is 14.7. The fraction of sp³-hybridized carbons (Fsp3) is 0.143. The van der Waals surface area contributed by atoms with E-state index in [0.717, 1.165) is 5.56 Å². The van der Waals surface area contributed by atoms with Crippen LogP contribution in [0.4, 0.5) is 10.1 Å². The zero-order valence-corrected chi connectivity index (χ0v) is 11.0. The molecule has 1 aromatic carbocycles. The number of anilines is 1. The number of hydrogen-bond donors (Lipinski definition) is 2. The first-order valence-corrected chi connectivity index (χ1v) is 5.82. The summed E-state index contributed by atoms with van der Waals surface area (Å²) in [6, 6.07) is 5.82. The molecule has 5 nitrogen and oxygen atoms in total. The lowest BCUT2D eigenvalue weighted by molar-refractivity contribution is 0.101. The third kappa shape index (κ3) is 2.69. The Balaban J connectivity index is 2.28. The molecule has 1 amide bonds. The van der Waals surface area contributed by atoms with E-state index in [1.165, 1.54) is 31.5 Å². The van der Waals surface area contributed by atoms with Crippen LogP contribution in [-0.4, -0.2) is 23.1 Å². The van der Waals surface area contributed by atoms with Crippen molar-refractivity contribution in [2.75, 3.05) is 12.4 Å². The Morgan fingerprint density at radius 2 is 2.15 bits per heavy atom. The lowest BCUT2D eigenvalue weighted by Crippen LogP contribution is -2.15. The van der Waals surface area contributed by atoms with E-state index < -0.39 is 11.7 Å². The van der Waals surface area contributed by atoms with Crippen LogP contribution in [0.15, 0.2) is 30.5 Å². The fourth-order valence-electron chi connectivity index (χ4n) is 1.67. The van der Waals surface area contributed by atoms with E-state index in [4.69, 9.17) is 4.74 Å². The van der Waals surface area contributed by atoms with E-state index in [0.29, 0.717) is 0 Å². The molecule has 0 atom stereocenters. The molecule has 0 fully saturated rings. The Kier molecular flexibility index (Phi) is 3.84. The first-order valence-electron chi connectivity index (χ1n) is 5.82. The van der Waals surface area contributed by atoms with Gasteiger partial charge in [-0.2, -0.15) is 0 Å². The molecule has 1 aromatic heterocycles. The quantitative estimate of drug-likeness (QED) is 0.903. The van der Waals surface area contributed by atoms with Crippen molar-refractivity contribution in [3.63, 3.8) is 0 Å². The molecule has 6 heteroatoms. The van der Waals surface area contributed by atoms with Gasteiger partial charge in [0.25, 0.3) is 5.91 Å². The largest absolute Gasteiger partial charge is 0.503 e. The minimum atomic E-state index is -0.718. The zero-order valence-electron chi connectivity index (χ0n) is 11.0. The summed E-state index contributed by atoms with van der Waals surface area (Å²) in [5.74, 6) is -1.54. The maximum Gasteiger partial charge on any atom is 0.278 e. The van der Waals surface area contributed by atoms with Crippen LogP contribution in [0.1, 0.15) is 16.1 Å². The first-order chi connectivity index (χ1) is 9.52. The van der Waals surface area contributed by atoms with Crippen molar-refractivity contribution in [1.82, 2.24) is 4.98 Å². The van der Waals surface area contributed by atoms with E-state index in [1.54, 1.807) is 13.0 Å². The standard InChI is InChI=1S/C14H13FN2O3/c1-8-3-4-10(9(15)7-8)17-14(19)12-13(18)11(20-2)5-6-16-12/h3-7,18H,1-2H3,(H,17,19). The number of nitrogens with zero attached hydrogens (tertiary/aromatic N) is 1. The number of carbonyl (C=O) groups excluding carboxylic acids is 1. The second kappa shape index (κ2) is 5.56. The van der Waals surface area contributed by atoms with Gasteiger partial charge in [0.1, 0.15) is 5.82 Å². The van der Waals surface area contributed by atoms with Crippen LogP contribution >= 0.6 is 0 Å². The Morgan fingerprint density at radius 1 is 1.40 bits per heavy atom. The van der Waals surface area contributed by atoms with Gasteiger partial charge >= 0.3 is 0 Å². The monoisotopic (exact) mass is 276 g/mol. The number of hydrogen-bond acceptors (Lipinski definition) is 4. The second-order valence-electron chi connectivity index (χ2n) is 4.15. The highest BCUT2D eigenvalue weighted by Gasteiger charge is 2.17. The van der Waals surface area contributed by atoms with Crippen LogP contribution in [0.2, 0.25) is 0 Å². The molecule has 104 valence electrons. The van der Waals surface area contributed by atoms with Gasteiger partial charge in [0.2, 0.25) is 0 Å². The van der Waals surface area contributed by atoms with Crippen molar-refractivity contribution >= 4 is 11.6 Å². The molecule has 0 spiro atoms. The van der Waals surface area contributed by atoms with Crippen LogP contribution in [0, 0.1) is 12.7 Å². The van der Waals surface area contributed by atoms with Gasteiger partial charge in [0, 0.05) is 12.3 Å². The topological polar surface area (TPSA) is 71.5 Å². The van der Waals surface area contributed by atoms with Crippen molar-refractivity contribution in [3.8, 4) is 11.5 Å². The first kappa shape index (κ1) is 13.8. The van der Waals surface area contributed by atoms with Gasteiger partial charge < -0.3 is 15.2 Å². The van der Waals surface area contributed by atoms with Crippen LogP contribution in [0.3, 0.4) is 0 Å². The molecule has 2 aromatic rings. The smallest absolute Gasteiger partial charge is 0.278 e. The van der Waals surface area contributed by atoms with E-state index in [-0.39, 0.29) is 22.9 Å². The predicted molar refractivity (Wildman–Crippen MR) is 71.5 cm³/mol. The third-order valence-electron chi connectivity index (χ3n) is 2.70. The number of carbonyl (C=O) groups is 1. The molecule has 0 radical (unpaired) electrons. The summed E-state index contributed by atoms with van der Waals surface area (Å²) in [6.07, 6.45) is 1.32. The van der Waals surface area contributed by atoms with Crippen molar-refractivity contribution in [2.45, 2.75) is 6.92 Å². The van der Waals surface area contributed by atoms with Crippen LogP contribution in [-0.2, 0) is 0 Å². The number of pyridine rings is 1. The number of amides is 1. The normalized spacial score (nSPS) is 10.2. The van der Waals surface area contributed by atoms with Crippen molar-refractivity contribution < 1.29 is 19.0 Å². The Hall–Kier alpha value is -2.63.